The van der Waals surface area contributed by atoms with E-state index in [0.29, 0.717) is 44.1 Å². The molecule has 0 saturated carbocycles. The van der Waals surface area contributed by atoms with Gasteiger partial charge in [-0.25, -0.2) is 4.79 Å². The van der Waals surface area contributed by atoms with Gasteiger partial charge in [-0.05, 0) is 44.1 Å². The quantitative estimate of drug-likeness (QED) is 0.320. The Kier molecular flexibility index (Phi) is 11.5. The number of ketones is 1. The van der Waals surface area contributed by atoms with Gasteiger partial charge < -0.3 is 14.6 Å². The number of imide groups is 1. The van der Waals surface area contributed by atoms with Gasteiger partial charge in [0.05, 0.1) is 12.0 Å². The number of hydrogen-bond donors (Lipinski definition) is 2. The number of carbonyl (C=O) groups is 4. The van der Waals surface area contributed by atoms with E-state index in [1.165, 1.54) is 6.08 Å². The van der Waals surface area contributed by atoms with Crippen LogP contribution in [0.1, 0.15) is 65.7 Å². The lowest BCUT2D eigenvalue weighted by Crippen LogP contribution is -2.38. The first-order valence-corrected chi connectivity index (χ1v) is 12.4. The maximum absolute atomic E-state index is 13.0. The summed E-state index contributed by atoms with van der Waals surface area (Å²) in [7, 11) is 1.55. The van der Waals surface area contributed by atoms with Crippen LogP contribution < -0.4 is 5.32 Å². The average molecular weight is 490 g/mol. The lowest BCUT2D eigenvalue weighted by Gasteiger charge is -2.27. The molecule has 2 aliphatic heterocycles. The Bertz CT molecular complexity index is 844. The summed E-state index contributed by atoms with van der Waals surface area (Å²) in [5, 5.41) is 13.1. The van der Waals surface area contributed by atoms with Gasteiger partial charge in [0.1, 0.15) is 18.0 Å². The number of esters is 1. The molecule has 2 rings (SSSR count). The SMILES string of the molecule is CO[C@H]1/C=C/CC/C=C/C(=O)OC([C@H](C)C(=O)CCCC2CC(=O)NC(=O)C2)/C(C)=C\[C@@H](C)[C@@H]1O. The fourth-order valence-electron chi connectivity index (χ4n) is 4.61. The van der Waals surface area contributed by atoms with Gasteiger partial charge in [0.25, 0.3) is 0 Å². The first kappa shape index (κ1) is 28.7. The summed E-state index contributed by atoms with van der Waals surface area (Å²) in [5.74, 6) is -2.06. The van der Waals surface area contributed by atoms with Gasteiger partial charge >= 0.3 is 5.97 Å². The molecule has 0 aliphatic carbocycles. The predicted molar refractivity (Wildman–Crippen MR) is 131 cm³/mol. The zero-order valence-electron chi connectivity index (χ0n) is 21.2. The highest BCUT2D eigenvalue weighted by Crippen LogP contribution is 2.25. The van der Waals surface area contributed by atoms with Crippen LogP contribution in [0, 0.1) is 17.8 Å². The highest BCUT2D eigenvalue weighted by Gasteiger charge is 2.31. The Labute approximate surface area is 207 Å². The largest absolute Gasteiger partial charge is 0.454 e. The van der Waals surface area contributed by atoms with Crippen molar-refractivity contribution in [3.63, 3.8) is 0 Å². The molecule has 0 aromatic heterocycles. The number of amides is 2. The van der Waals surface area contributed by atoms with E-state index in [4.69, 9.17) is 9.47 Å². The van der Waals surface area contributed by atoms with Crippen molar-refractivity contribution < 1.29 is 33.8 Å². The molecular weight excluding hydrogens is 450 g/mol. The number of aliphatic hydroxyl groups excluding tert-OH is 1. The van der Waals surface area contributed by atoms with Crippen LogP contribution >= 0.6 is 0 Å². The van der Waals surface area contributed by atoms with Gasteiger partial charge in [0.2, 0.25) is 11.8 Å². The van der Waals surface area contributed by atoms with E-state index < -0.39 is 30.2 Å². The molecule has 2 amide bonds. The van der Waals surface area contributed by atoms with Crippen molar-refractivity contribution in [1.29, 1.82) is 0 Å². The zero-order chi connectivity index (χ0) is 26.0. The predicted octanol–water partition coefficient (Wildman–Crippen LogP) is 3.19. The van der Waals surface area contributed by atoms with E-state index in [-0.39, 0.29) is 35.9 Å². The molecule has 8 nitrogen and oxygen atoms in total. The minimum absolute atomic E-state index is 0.0524. The van der Waals surface area contributed by atoms with Crippen molar-refractivity contribution in [3.05, 3.63) is 36.0 Å². The lowest BCUT2D eigenvalue weighted by atomic mass is 9.86. The van der Waals surface area contributed by atoms with Crippen molar-refractivity contribution >= 4 is 23.6 Å². The number of piperidine rings is 1. The van der Waals surface area contributed by atoms with Gasteiger partial charge in [-0.2, -0.15) is 0 Å². The van der Waals surface area contributed by atoms with Crippen molar-refractivity contribution in [2.24, 2.45) is 17.8 Å². The second-order valence-corrected chi connectivity index (χ2v) is 9.62. The van der Waals surface area contributed by atoms with Crippen LogP contribution in [0.3, 0.4) is 0 Å². The summed E-state index contributed by atoms with van der Waals surface area (Å²) < 4.78 is 11.1. The molecule has 35 heavy (non-hydrogen) atoms. The van der Waals surface area contributed by atoms with E-state index in [1.54, 1.807) is 27.0 Å². The second kappa shape index (κ2) is 14.1. The molecule has 2 heterocycles. The van der Waals surface area contributed by atoms with E-state index in [2.05, 4.69) is 5.32 Å². The molecule has 0 radical (unpaired) electrons. The molecule has 0 bridgehead atoms. The van der Waals surface area contributed by atoms with Crippen LogP contribution in [0.15, 0.2) is 36.0 Å². The monoisotopic (exact) mass is 489 g/mol. The Balaban J connectivity index is 2.11. The molecule has 0 aromatic carbocycles. The molecule has 0 aromatic rings. The van der Waals surface area contributed by atoms with E-state index >= 15 is 0 Å². The Morgan fingerprint density at radius 3 is 2.51 bits per heavy atom. The highest BCUT2D eigenvalue weighted by molar-refractivity contribution is 5.97. The maximum atomic E-state index is 13.0. The summed E-state index contributed by atoms with van der Waals surface area (Å²) in [6.07, 6.45) is 9.96. The number of hydrogen-bond acceptors (Lipinski definition) is 7. The first-order valence-electron chi connectivity index (χ1n) is 12.4. The smallest absolute Gasteiger partial charge is 0.331 e. The standard InChI is InChI=1S/C27H39NO7/c1-17-14-18(2)27(35-25(32)13-8-6-5-7-12-22(34-4)26(17)33)19(3)21(29)11-9-10-20-15-23(30)28-24(31)16-20/h7-8,12-14,17,19-20,22,26-27,33H,5-6,9-11,15-16H2,1-4H3,(H,28,30,31)/b12-7+,13-8+,18-14-/t17-,19-,22+,26+,27?/m1/s1. The first-order chi connectivity index (χ1) is 16.6. The number of rotatable bonds is 7. The fourth-order valence-corrected chi connectivity index (χ4v) is 4.61. The van der Waals surface area contributed by atoms with E-state index in [0.717, 1.165) is 0 Å². The Hall–Kier alpha value is -2.58. The van der Waals surface area contributed by atoms with Gasteiger partial charge in [-0.1, -0.05) is 38.2 Å². The summed E-state index contributed by atoms with van der Waals surface area (Å²) in [6.45, 7) is 5.39. The minimum atomic E-state index is -0.803. The molecule has 194 valence electrons. The summed E-state index contributed by atoms with van der Waals surface area (Å²) in [4.78, 5) is 48.6. The van der Waals surface area contributed by atoms with Gasteiger partial charge in [-0.15, -0.1) is 0 Å². The minimum Gasteiger partial charge on any atom is -0.454 e. The summed E-state index contributed by atoms with van der Waals surface area (Å²) in [5.41, 5.74) is 0.685. The van der Waals surface area contributed by atoms with Gasteiger partial charge in [0.15, 0.2) is 0 Å². The zero-order valence-corrected chi connectivity index (χ0v) is 21.2. The van der Waals surface area contributed by atoms with Crippen molar-refractivity contribution in [1.82, 2.24) is 5.32 Å². The van der Waals surface area contributed by atoms with Crippen LogP contribution in [0.2, 0.25) is 0 Å². The number of nitrogens with one attached hydrogen (secondary N) is 1. The molecule has 1 saturated heterocycles. The maximum Gasteiger partial charge on any atom is 0.331 e. The Morgan fingerprint density at radius 1 is 1.20 bits per heavy atom. The van der Waals surface area contributed by atoms with Gasteiger partial charge in [0, 0.05) is 38.4 Å². The Morgan fingerprint density at radius 2 is 1.86 bits per heavy atom. The molecule has 1 unspecified atom stereocenters. The van der Waals surface area contributed by atoms with E-state index in [9.17, 15) is 24.3 Å². The van der Waals surface area contributed by atoms with E-state index in [1.807, 2.05) is 25.2 Å². The number of methoxy groups -OCH3 is 1. The summed E-state index contributed by atoms with van der Waals surface area (Å²) in [6, 6.07) is 0. The molecule has 8 heteroatoms. The molecule has 2 N–H and O–H groups in total. The molecule has 2 aliphatic rings. The normalized spacial score (nSPS) is 31.3. The number of ether oxygens (including phenoxy) is 2. The number of carbonyl (C=O) groups excluding carboxylic acids is 4. The van der Waals surface area contributed by atoms with Crippen LogP contribution in [0.25, 0.3) is 0 Å². The number of cyclic esters (lactones) is 1. The number of allylic oxidation sites excluding steroid dienone is 2. The molecule has 1 fully saturated rings. The molecule has 0 spiro atoms. The third kappa shape index (κ3) is 9.18. The second-order valence-electron chi connectivity index (χ2n) is 9.62. The highest BCUT2D eigenvalue weighted by atomic mass is 16.5. The van der Waals surface area contributed by atoms with Crippen molar-refractivity contribution in [2.75, 3.05) is 7.11 Å². The van der Waals surface area contributed by atoms with Gasteiger partial charge in [-0.3, -0.25) is 19.7 Å². The average Bonchev–Trinajstić information content (AvgIpc) is 2.79. The fraction of sp³-hybridized carbons (Fsp3) is 0.630. The third-order valence-electron chi connectivity index (χ3n) is 6.67. The van der Waals surface area contributed by atoms with Crippen molar-refractivity contribution in [2.45, 2.75) is 84.0 Å². The third-order valence-corrected chi connectivity index (χ3v) is 6.67. The number of aliphatic hydroxyl groups is 1. The topological polar surface area (TPSA) is 119 Å². The van der Waals surface area contributed by atoms with Crippen LogP contribution in [-0.4, -0.2) is 54.1 Å². The number of Topliss-reactive ketones (excluding diaryl/α,β-unsaturated/α-hetero) is 1. The lowest BCUT2D eigenvalue weighted by molar-refractivity contribution is -0.145. The summed E-state index contributed by atoms with van der Waals surface area (Å²) >= 11 is 0. The molecular formula is C27H39NO7. The van der Waals surface area contributed by atoms with Crippen LogP contribution in [0.4, 0.5) is 0 Å². The van der Waals surface area contributed by atoms with Crippen LogP contribution in [-0.2, 0) is 28.7 Å². The van der Waals surface area contributed by atoms with Crippen LogP contribution in [0.5, 0.6) is 0 Å². The molecule has 5 atom stereocenters. The van der Waals surface area contributed by atoms with Crippen molar-refractivity contribution in [3.8, 4) is 0 Å².